The number of esters is 2. The van der Waals surface area contributed by atoms with Crippen molar-refractivity contribution in [2.24, 2.45) is 11.8 Å². The summed E-state index contributed by atoms with van der Waals surface area (Å²) in [6.07, 6.45) is 7.98. The maximum absolute atomic E-state index is 13.6. The highest BCUT2D eigenvalue weighted by Gasteiger charge is 2.38. The molecule has 0 bridgehead atoms. The summed E-state index contributed by atoms with van der Waals surface area (Å²) in [5.74, 6) is -0.0902. The average molecular weight is 919 g/mol. The van der Waals surface area contributed by atoms with Crippen LogP contribution in [0.4, 0.5) is 0 Å². The van der Waals surface area contributed by atoms with Gasteiger partial charge in [-0.25, -0.2) is 19.2 Å². The Morgan fingerprint density at radius 1 is 0.483 bits per heavy atom. The van der Waals surface area contributed by atoms with Crippen LogP contribution in [-0.2, 0) is 31.9 Å². The van der Waals surface area contributed by atoms with E-state index in [9.17, 15) is 19.2 Å². The summed E-state index contributed by atoms with van der Waals surface area (Å²) in [4.78, 5) is 53.0. The van der Waals surface area contributed by atoms with Crippen molar-refractivity contribution in [3.8, 4) is 11.1 Å². The van der Waals surface area contributed by atoms with Gasteiger partial charge in [0, 0.05) is 11.8 Å². The van der Waals surface area contributed by atoms with Gasteiger partial charge in [0.05, 0.1) is 65.2 Å². The molecule has 58 heavy (non-hydrogen) atoms. The standard InChI is InChI=1S/C48H58N2O6.2BrH/c1-49(2,33-41-19-11-13-21-43(41)55-47(53)39-15-7-5-8-16-39)45(51)31-35-23-27-37(28-24-35)38-29-25-36(26-30-38)32-46(52)50(3,4)34-42-20-12-14-22-44(42)56-48(54)40-17-9-6-10-18-40;;/h5-10,15-18,23-30,41-44H,11-14,19-22,31-34H2,1-4H3;2*1H/q+2;;/p-2. The monoisotopic (exact) mass is 916 g/mol. The third-order valence-electron chi connectivity index (χ3n) is 11.9. The maximum atomic E-state index is 13.6. The van der Waals surface area contributed by atoms with E-state index in [1.807, 2.05) is 113 Å². The van der Waals surface area contributed by atoms with Crippen LogP contribution in [0.15, 0.2) is 109 Å². The molecular weight excluding hydrogens is 860 g/mol. The largest absolute Gasteiger partial charge is 1.00 e. The number of hydrogen-bond donors (Lipinski definition) is 0. The number of carbonyl (C=O) groups excluding carboxylic acids is 4. The lowest BCUT2D eigenvalue weighted by Gasteiger charge is -2.36. The van der Waals surface area contributed by atoms with E-state index in [0.717, 1.165) is 73.6 Å². The Kier molecular flexibility index (Phi) is 17.2. The average Bonchev–Trinajstić information content (AvgIpc) is 3.20. The van der Waals surface area contributed by atoms with Gasteiger partial charge in [0.15, 0.2) is 0 Å². The second-order valence-electron chi connectivity index (χ2n) is 17.0. The van der Waals surface area contributed by atoms with E-state index in [4.69, 9.17) is 9.47 Å². The normalized spacial score (nSPS) is 19.4. The molecule has 310 valence electrons. The number of carbonyl (C=O) groups is 4. The number of amides is 2. The predicted octanol–water partition coefficient (Wildman–Crippen LogP) is 2.48. The van der Waals surface area contributed by atoms with Gasteiger partial charge in [-0.1, -0.05) is 97.8 Å². The van der Waals surface area contributed by atoms with Gasteiger partial charge in [0.25, 0.3) is 0 Å². The number of rotatable bonds is 13. The minimum Gasteiger partial charge on any atom is -1.00 e. The van der Waals surface area contributed by atoms with Crippen LogP contribution in [0.1, 0.15) is 83.2 Å². The summed E-state index contributed by atoms with van der Waals surface area (Å²) < 4.78 is 12.4. The number of likely N-dealkylation sites (N-methyl/N-ethyl adjacent to an activating group) is 2. The first-order chi connectivity index (χ1) is 26.9. The molecular formula is C48H58Br2N2O6. The highest BCUT2D eigenvalue weighted by molar-refractivity contribution is 5.90. The highest BCUT2D eigenvalue weighted by Crippen LogP contribution is 2.32. The van der Waals surface area contributed by atoms with E-state index in [0.29, 0.717) is 37.1 Å². The summed E-state index contributed by atoms with van der Waals surface area (Å²) >= 11 is 0. The number of ether oxygens (including phenoxy) is 2. The van der Waals surface area contributed by atoms with Crippen molar-refractivity contribution >= 4 is 23.8 Å². The van der Waals surface area contributed by atoms with Crippen LogP contribution >= 0.6 is 0 Å². The number of hydrogen-bond acceptors (Lipinski definition) is 6. The molecule has 0 radical (unpaired) electrons. The van der Waals surface area contributed by atoms with Crippen LogP contribution < -0.4 is 34.0 Å². The van der Waals surface area contributed by atoms with Crippen LogP contribution in [0, 0.1) is 11.8 Å². The van der Waals surface area contributed by atoms with Crippen LogP contribution in [0.5, 0.6) is 0 Å². The van der Waals surface area contributed by atoms with Gasteiger partial charge in [0.2, 0.25) is 0 Å². The minimum atomic E-state index is -0.296. The number of halogens is 2. The molecule has 4 atom stereocenters. The molecule has 0 aromatic heterocycles. The van der Waals surface area contributed by atoms with Crippen molar-refractivity contribution in [1.29, 1.82) is 0 Å². The van der Waals surface area contributed by atoms with Crippen molar-refractivity contribution < 1.29 is 71.6 Å². The van der Waals surface area contributed by atoms with E-state index in [1.165, 1.54) is 0 Å². The lowest BCUT2D eigenvalue weighted by Crippen LogP contribution is -3.00. The van der Waals surface area contributed by atoms with Crippen LogP contribution in [0.3, 0.4) is 0 Å². The van der Waals surface area contributed by atoms with Gasteiger partial charge in [-0.2, -0.15) is 0 Å². The molecule has 4 aromatic rings. The first-order valence-corrected chi connectivity index (χ1v) is 20.3. The second-order valence-corrected chi connectivity index (χ2v) is 17.0. The van der Waals surface area contributed by atoms with Gasteiger partial charge < -0.3 is 43.4 Å². The van der Waals surface area contributed by atoms with E-state index in [2.05, 4.69) is 0 Å². The van der Waals surface area contributed by atoms with Crippen LogP contribution in [0.25, 0.3) is 11.1 Å². The SMILES string of the molecule is C[N+](C)(CC1CCCCC1OC(=O)c1ccccc1)C(=O)Cc1ccc(-c2ccc(CC(=O)[N+](C)(C)CC3CCCCC3OC(=O)c3ccccc3)cc2)cc1.[Br-].[Br-]. The summed E-state index contributed by atoms with van der Waals surface area (Å²) in [6.45, 7) is 1.25. The van der Waals surface area contributed by atoms with E-state index >= 15 is 0 Å². The van der Waals surface area contributed by atoms with Crippen LogP contribution in [0.2, 0.25) is 0 Å². The molecule has 8 nitrogen and oxygen atoms in total. The molecule has 10 heteroatoms. The molecule has 0 aliphatic heterocycles. The molecule has 2 fully saturated rings. The molecule has 4 aromatic carbocycles. The second kappa shape index (κ2) is 21.3. The Labute approximate surface area is 365 Å². The zero-order valence-corrected chi connectivity index (χ0v) is 37.5. The van der Waals surface area contributed by atoms with Gasteiger partial charge in [-0.15, -0.1) is 0 Å². The number of quaternary nitrogens is 2. The third kappa shape index (κ3) is 12.5. The smallest absolute Gasteiger partial charge is 0.338 e. The molecule has 6 rings (SSSR count). The summed E-state index contributed by atoms with van der Waals surface area (Å²) in [5.41, 5.74) is 5.11. The zero-order chi connectivity index (χ0) is 39.7. The fraction of sp³-hybridized carbons (Fsp3) is 0.417. The number of benzene rings is 4. The van der Waals surface area contributed by atoms with Gasteiger partial charge >= 0.3 is 23.8 Å². The maximum Gasteiger partial charge on any atom is 0.338 e. The van der Waals surface area contributed by atoms with Crippen molar-refractivity contribution in [2.45, 2.75) is 76.4 Å². The molecule has 0 saturated heterocycles. The zero-order valence-electron chi connectivity index (χ0n) is 34.3. The van der Waals surface area contributed by atoms with Crippen LogP contribution in [-0.4, -0.2) is 86.2 Å². The van der Waals surface area contributed by atoms with E-state index in [1.54, 1.807) is 24.3 Å². The molecule has 0 heterocycles. The first-order valence-electron chi connectivity index (χ1n) is 20.3. The Balaban J connectivity index is 0.00000372. The number of nitrogens with zero attached hydrogens (tertiary/aromatic N) is 2. The Hall–Kier alpha value is -3.96. The van der Waals surface area contributed by atoms with Gasteiger partial charge in [0.1, 0.15) is 12.2 Å². The fourth-order valence-corrected chi connectivity index (χ4v) is 8.42. The summed E-state index contributed by atoms with van der Waals surface area (Å²) in [6, 6.07) is 34.5. The molecule has 0 N–H and O–H groups in total. The Morgan fingerprint density at radius 2 is 0.810 bits per heavy atom. The van der Waals surface area contributed by atoms with Crippen molar-refractivity contribution in [3.63, 3.8) is 0 Å². The molecule has 4 unspecified atom stereocenters. The fourth-order valence-electron chi connectivity index (χ4n) is 8.42. The lowest BCUT2D eigenvalue weighted by atomic mass is 9.85. The molecule has 2 aliphatic carbocycles. The molecule has 2 aliphatic rings. The minimum absolute atomic E-state index is 0. The van der Waals surface area contributed by atoms with Gasteiger partial charge in [-0.05, 0) is 85.0 Å². The molecule has 0 spiro atoms. The Morgan fingerprint density at radius 3 is 1.16 bits per heavy atom. The molecule has 2 amide bonds. The summed E-state index contributed by atoms with van der Waals surface area (Å²) in [5, 5.41) is 0. The van der Waals surface area contributed by atoms with E-state index < -0.39 is 0 Å². The predicted molar refractivity (Wildman–Crippen MR) is 218 cm³/mol. The van der Waals surface area contributed by atoms with Crippen molar-refractivity contribution in [3.05, 3.63) is 131 Å². The third-order valence-corrected chi connectivity index (χ3v) is 11.9. The van der Waals surface area contributed by atoms with E-state index in [-0.39, 0.29) is 90.7 Å². The summed E-state index contributed by atoms with van der Waals surface area (Å²) in [7, 11) is 7.85. The molecule has 2 saturated carbocycles. The lowest BCUT2D eigenvalue weighted by molar-refractivity contribution is -0.818. The Bertz CT molecular complexity index is 1810. The highest BCUT2D eigenvalue weighted by atomic mass is 79.9. The quantitative estimate of drug-likeness (QED) is 0.152. The van der Waals surface area contributed by atoms with Crippen molar-refractivity contribution in [1.82, 2.24) is 0 Å². The van der Waals surface area contributed by atoms with Gasteiger partial charge in [-0.3, -0.25) is 8.97 Å². The first kappa shape index (κ1) is 46.7. The van der Waals surface area contributed by atoms with Crippen molar-refractivity contribution in [2.75, 3.05) is 41.3 Å². The topological polar surface area (TPSA) is 86.7 Å².